The van der Waals surface area contributed by atoms with Gasteiger partial charge in [-0.2, -0.15) is 0 Å². The molecule has 2 heterocycles. The second-order valence-corrected chi connectivity index (χ2v) is 7.11. The fourth-order valence-electron chi connectivity index (χ4n) is 3.83. The molecule has 3 aromatic rings. The van der Waals surface area contributed by atoms with Gasteiger partial charge in [0.15, 0.2) is 0 Å². The highest BCUT2D eigenvalue weighted by Crippen LogP contribution is 2.24. The third-order valence-corrected chi connectivity index (χ3v) is 5.31. The largest absolute Gasteiger partial charge is 0.508 e. The van der Waals surface area contributed by atoms with Gasteiger partial charge in [0.2, 0.25) is 0 Å². The Labute approximate surface area is 158 Å². The minimum Gasteiger partial charge on any atom is -0.508 e. The Morgan fingerprint density at radius 2 is 1.81 bits per heavy atom. The highest BCUT2D eigenvalue weighted by Gasteiger charge is 2.27. The molecular formula is C22H23N3O2. The lowest BCUT2D eigenvalue weighted by atomic mass is 9.95. The second kappa shape index (κ2) is 7.74. The van der Waals surface area contributed by atoms with E-state index >= 15 is 0 Å². The first-order valence-electron chi connectivity index (χ1n) is 9.50. The normalized spacial score (nSPS) is 17.2. The lowest BCUT2D eigenvalue weighted by Gasteiger charge is -2.36. The average molecular weight is 361 g/mol. The van der Waals surface area contributed by atoms with Gasteiger partial charge >= 0.3 is 0 Å². The number of aromatic hydroxyl groups is 1. The molecule has 5 heteroatoms. The van der Waals surface area contributed by atoms with Crippen LogP contribution in [-0.2, 0) is 6.42 Å². The summed E-state index contributed by atoms with van der Waals surface area (Å²) in [6.45, 7) is 0.803. The number of carbonyl (C=O) groups excluding carboxylic acids is 1. The van der Waals surface area contributed by atoms with Gasteiger partial charge in [-0.1, -0.05) is 12.1 Å². The van der Waals surface area contributed by atoms with Gasteiger partial charge in [0, 0.05) is 30.5 Å². The van der Waals surface area contributed by atoms with Gasteiger partial charge in [-0.25, -0.2) is 0 Å². The maximum Gasteiger partial charge on any atom is 0.254 e. The van der Waals surface area contributed by atoms with Crippen LogP contribution in [0.2, 0.25) is 0 Å². The Balaban J connectivity index is 1.50. The molecule has 4 rings (SSSR count). The summed E-state index contributed by atoms with van der Waals surface area (Å²) in [5, 5.41) is 9.43. The molecule has 1 aliphatic heterocycles. The number of rotatable bonds is 4. The van der Waals surface area contributed by atoms with Crippen molar-refractivity contribution in [1.82, 2.24) is 14.9 Å². The Morgan fingerprint density at radius 1 is 1.04 bits per heavy atom. The van der Waals surface area contributed by atoms with Crippen LogP contribution in [0.1, 0.15) is 41.6 Å². The number of likely N-dealkylation sites (tertiary alicyclic amines) is 1. The van der Waals surface area contributed by atoms with E-state index in [1.54, 1.807) is 24.5 Å². The highest BCUT2D eigenvalue weighted by molar-refractivity contribution is 5.97. The Morgan fingerprint density at radius 3 is 2.63 bits per heavy atom. The first-order valence-corrected chi connectivity index (χ1v) is 9.50. The second-order valence-electron chi connectivity index (χ2n) is 7.11. The summed E-state index contributed by atoms with van der Waals surface area (Å²) in [6, 6.07) is 13.1. The molecule has 1 unspecified atom stereocenters. The lowest BCUT2D eigenvalue weighted by molar-refractivity contribution is 0.0602. The van der Waals surface area contributed by atoms with E-state index in [1.165, 1.54) is 5.56 Å². The van der Waals surface area contributed by atoms with Crippen molar-refractivity contribution >= 4 is 16.9 Å². The molecule has 1 fully saturated rings. The fraction of sp³-hybridized carbons (Fsp3) is 0.318. The summed E-state index contributed by atoms with van der Waals surface area (Å²) in [5.41, 5.74) is 3.42. The van der Waals surface area contributed by atoms with Crippen molar-refractivity contribution in [2.24, 2.45) is 0 Å². The lowest BCUT2D eigenvalue weighted by Crippen LogP contribution is -2.44. The number of fused-ring (bicyclic) bond motifs is 1. The number of aryl methyl sites for hydroxylation is 1. The van der Waals surface area contributed by atoms with Crippen molar-refractivity contribution in [3.8, 4) is 5.75 Å². The maximum absolute atomic E-state index is 13.2. The van der Waals surface area contributed by atoms with Crippen molar-refractivity contribution in [3.05, 3.63) is 66.0 Å². The first kappa shape index (κ1) is 17.5. The molecular weight excluding hydrogens is 338 g/mol. The monoisotopic (exact) mass is 361 g/mol. The third kappa shape index (κ3) is 3.92. The van der Waals surface area contributed by atoms with Crippen molar-refractivity contribution in [2.75, 3.05) is 6.54 Å². The zero-order chi connectivity index (χ0) is 18.6. The van der Waals surface area contributed by atoms with Gasteiger partial charge in [-0.15, -0.1) is 0 Å². The van der Waals surface area contributed by atoms with Crippen molar-refractivity contribution in [2.45, 2.75) is 38.1 Å². The number of benzene rings is 2. The topological polar surface area (TPSA) is 66.3 Å². The minimum absolute atomic E-state index is 0.0814. The van der Waals surface area contributed by atoms with Crippen LogP contribution in [0.4, 0.5) is 0 Å². The molecule has 1 N–H and O–H groups in total. The molecule has 0 saturated carbocycles. The van der Waals surface area contributed by atoms with E-state index in [2.05, 4.69) is 9.97 Å². The van der Waals surface area contributed by atoms with Crippen LogP contribution in [0, 0.1) is 0 Å². The number of hydrogen-bond donors (Lipinski definition) is 1. The summed E-state index contributed by atoms with van der Waals surface area (Å²) >= 11 is 0. The number of aromatic nitrogens is 2. The number of nitrogens with zero attached hydrogens (tertiary/aromatic N) is 3. The zero-order valence-corrected chi connectivity index (χ0v) is 15.2. The van der Waals surface area contributed by atoms with E-state index < -0.39 is 0 Å². The van der Waals surface area contributed by atoms with Gasteiger partial charge in [0.25, 0.3) is 5.91 Å². The summed E-state index contributed by atoms with van der Waals surface area (Å²) < 4.78 is 0. The summed E-state index contributed by atoms with van der Waals surface area (Å²) in [7, 11) is 0. The summed E-state index contributed by atoms with van der Waals surface area (Å²) in [4.78, 5) is 23.8. The van der Waals surface area contributed by atoms with Crippen LogP contribution >= 0.6 is 0 Å². The van der Waals surface area contributed by atoms with Crippen LogP contribution in [0.3, 0.4) is 0 Å². The van der Waals surface area contributed by atoms with Gasteiger partial charge in [-0.3, -0.25) is 14.8 Å². The van der Waals surface area contributed by atoms with Gasteiger partial charge < -0.3 is 10.0 Å². The number of carbonyl (C=O) groups is 1. The minimum atomic E-state index is 0.0814. The molecule has 0 bridgehead atoms. The van der Waals surface area contributed by atoms with Gasteiger partial charge in [0.1, 0.15) is 5.75 Å². The van der Waals surface area contributed by atoms with Crippen molar-refractivity contribution in [1.29, 1.82) is 0 Å². The molecule has 0 aliphatic carbocycles. The van der Waals surface area contributed by atoms with E-state index in [9.17, 15) is 9.90 Å². The number of piperidine rings is 1. The number of hydrogen-bond acceptors (Lipinski definition) is 4. The molecule has 1 aliphatic rings. The molecule has 1 atom stereocenters. The van der Waals surface area contributed by atoms with Gasteiger partial charge in [-0.05, 0) is 68.0 Å². The van der Waals surface area contributed by atoms with Crippen LogP contribution in [0.15, 0.2) is 54.9 Å². The maximum atomic E-state index is 13.2. The average Bonchev–Trinajstić information content (AvgIpc) is 2.73. The van der Waals surface area contributed by atoms with Crippen molar-refractivity contribution in [3.63, 3.8) is 0 Å². The molecule has 27 heavy (non-hydrogen) atoms. The van der Waals surface area contributed by atoms with Crippen molar-refractivity contribution < 1.29 is 9.90 Å². The quantitative estimate of drug-likeness (QED) is 0.764. The standard InChI is InChI=1S/C22H23N3O2/c26-19-9-5-16(6-10-19)4-8-18-3-1-2-14-25(18)22(27)17-7-11-20-21(15-17)24-13-12-23-20/h5-7,9-13,15,18,26H,1-4,8,14H2. The Kier molecular flexibility index (Phi) is 5.01. The van der Waals surface area contributed by atoms with Crippen LogP contribution in [0.5, 0.6) is 5.75 Å². The molecule has 0 radical (unpaired) electrons. The van der Waals surface area contributed by atoms with E-state index in [0.29, 0.717) is 5.56 Å². The fourth-order valence-corrected chi connectivity index (χ4v) is 3.83. The number of phenolic OH excluding ortho intramolecular Hbond substituents is 1. The van der Waals surface area contributed by atoms with E-state index in [0.717, 1.165) is 49.7 Å². The van der Waals surface area contributed by atoms with Gasteiger partial charge in [0.05, 0.1) is 11.0 Å². The third-order valence-electron chi connectivity index (χ3n) is 5.31. The molecule has 5 nitrogen and oxygen atoms in total. The van der Waals surface area contributed by atoms with E-state index in [-0.39, 0.29) is 17.7 Å². The predicted molar refractivity (Wildman–Crippen MR) is 105 cm³/mol. The molecule has 1 amide bonds. The Hall–Kier alpha value is -2.95. The van der Waals surface area contributed by atoms with Crippen LogP contribution in [0.25, 0.3) is 11.0 Å². The number of amides is 1. The molecule has 0 spiro atoms. The molecule has 138 valence electrons. The SMILES string of the molecule is O=C(c1ccc2nccnc2c1)N1CCCCC1CCc1ccc(O)cc1. The summed E-state index contributed by atoms with van der Waals surface area (Å²) in [6.07, 6.45) is 8.40. The summed E-state index contributed by atoms with van der Waals surface area (Å²) in [5.74, 6) is 0.366. The molecule has 1 saturated heterocycles. The molecule has 2 aromatic carbocycles. The number of phenols is 1. The first-order chi connectivity index (χ1) is 13.2. The predicted octanol–water partition coefficient (Wildman–Crippen LogP) is 3.96. The van der Waals surface area contributed by atoms with E-state index in [1.807, 2.05) is 35.2 Å². The van der Waals surface area contributed by atoms with Crippen LogP contribution in [-0.4, -0.2) is 38.5 Å². The molecule has 1 aromatic heterocycles. The van der Waals surface area contributed by atoms with Crippen LogP contribution < -0.4 is 0 Å². The Bertz CT molecular complexity index is 940. The smallest absolute Gasteiger partial charge is 0.254 e. The zero-order valence-electron chi connectivity index (χ0n) is 15.2. The highest BCUT2D eigenvalue weighted by atomic mass is 16.3. The van der Waals surface area contributed by atoms with E-state index in [4.69, 9.17) is 0 Å².